The van der Waals surface area contributed by atoms with Crippen LogP contribution in [0.15, 0.2) is 18.2 Å². The van der Waals surface area contributed by atoms with Gasteiger partial charge in [-0.25, -0.2) is 9.18 Å². The normalized spacial score (nSPS) is 14.0. The van der Waals surface area contributed by atoms with E-state index in [1.807, 2.05) is 6.92 Å². The molecule has 1 aromatic rings. The lowest BCUT2D eigenvalue weighted by Crippen LogP contribution is -2.27. The molecule has 18 heavy (non-hydrogen) atoms. The molecule has 0 fully saturated rings. The number of carboxylic acid groups (broad SMARTS) is 1. The minimum atomic E-state index is -1.10. The Morgan fingerprint density at radius 1 is 1.50 bits per heavy atom. The van der Waals surface area contributed by atoms with E-state index >= 15 is 0 Å². The molecule has 2 N–H and O–H groups in total. The maximum absolute atomic E-state index is 13.1. The smallest absolute Gasteiger partial charge is 0.344 e. The van der Waals surface area contributed by atoms with Crippen molar-refractivity contribution in [3.63, 3.8) is 0 Å². The molecule has 0 aromatic heterocycles. The van der Waals surface area contributed by atoms with Crippen LogP contribution in [-0.4, -0.2) is 22.3 Å². The van der Waals surface area contributed by atoms with Gasteiger partial charge in [0.15, 0.2) is 6.10 Å². The zero-order chi connectivity index (χ0) is 13.7. The lowest BCUT2D eigenvalue weighted by molar-refractivity contribution is -0.145. The van der Waals surface area contributed by atoms with Gasteiger partial charge in [0.1, 0.15) is 11.6 Å². The second-order valence-corrected chi connectivity index (χ2v) is 4.09. The quantitative estimate of drug-likeness (QED) is 0.820. The van der Waals surface area contributed by atoms with Crippen molar-refractivity contribution in [1.82, 2.24) is 0 Å². The average molecular weight is 256 g/mol. The summed E-state index contributed by atoms with van der Waals surface area (Å²) in [4.78, 5) is 11.0. The van der Waals surface area contributed by atoms with Crippen molar-refractivity contribution in [1.29, 1.82) is 0 Å². The molecule has 5 heteroatoms. The van der Waals surface area contributed by atoms with E-state index in [-0.39, 0.29) is 5.75 Å². The van der Waals surface area contributed by atoms with Crippen molar-refractivity contribution in [3.05, 3.63) is 29.6 Å². The molecule has 0 aliphatic heterocycles. The summed E-state index contributed by atoms with van der Waals surface area (Å²) in [5.41, 5.74) is 0.374. The summed E-state index contributed by atoms with van der Waals surface area (Å²) in [5.74, 6) is -1.56. The van der Waals surface area contributed by atoms with Crippen LogP contribution in [0.1, 0.15) is 38.4 Å². The topological polar surface area (TPSA) is 66.8 Å². The van der Waals surface area contributed by atoms with Crippen LogP contribution in [0.3, 0.4) is 0 Å². The SMILES string of the molecule is CCCC(Oc1cc(F)ccc1[C@@H](C)O)C(=O)O. The van der Waals surface area contributed by atoms with Gasteiger partial charge < -0.3 is 14.9 Å². The minimum absolute atomic E-state index is 0.0749. The van der Waals surface area contributed by atoms with E-state index in [1.165, 1.54) is 19.1 Å². The van der Waals surface area contributed by atoms with Gasteiger partial charge in [0.05, 0.1) is 6.10 Å². The predicted molar refractivity (Wildman–Crippen MR) is 64.0 cm³/mol. The van der Waals surface area contributed by atoms with E-state index in [0.717, 1.165) is 6.07 Å². The van der Waals surface area contributed by atoms with Crippen LogP contribution < -0.4 is 4.74 Å². The molecular formula is C13H17FO4. The minimum Gasteiger partial charge on any atom is -0.479 e. The van der Waals surface area contributed by atoms with E-state index in [4.69, 9.17) is 9.84 Å². The first kappa shape index (κ1) is 14.4. The lowest BCUT2D eigenvalue weighted by atomic mass is 10.1. The number of aliphatic carboxylic acids is 1. The lowest BCUT2D eigenvalue weighted by Gasteiger charge is -2.18. The Morgan fingerprint density at radius 3 is 2.67 bits per heavy atom. The van der Waals surface area contributed by atoms with Gasteiger partial charge in [0, 0.05) is 11.6 Å². The molecule has 0 heterocycles. The highest BCUT2D eigenvalue weighted by molar-refractivity contribution is 5.72. The van der Waals surface area contributed by atoms with Crippen LogP contribution in [0.5, 0.6) is 5.75 Å². The molecule has 0 aliphatic rings. The average Bonchev–Trinajstić information content (AvgIpc) is 2.28. The Hall–Kier alpha value is -1.62. The molecule has 0 amide bonds. The summed E-state index contributed by atoms with van der Waals surface area (Å²) >= 11 is 0. The van der Waals surface area contributed by atoms with Crippen LogP contribution in [-0.2, 0) is 4.79 Å². The van der Waals surface area contributed by atoms with Gasteiger partial charge >= 0.3 is 5.97 Å². The summed E-state index contributed by atoms with van der Waals surface area (Å²) in [6.07, 6.45) is -0.924. The predicted octanol–water partition coefficient (Wildman–Crippen LogP) is 2.51. The molecular weight excluding hydrogens is 239 g/mol. The van der Waals surface area contributed by atoms with Gasteiger partial charge in [-0.2, -0.15) is 0 Å². The Bertz CT molecular complexity index is 417. The molecule has 1 aromatic carbocycles. The zero-order valence-electron chi connectivity index (χ0n) is 10.4. The van der Waals surface area contributed by atoms with E-state index in [1.54, 1.807) is 0 Å². The van der Waals surface area contributed by atoms with Crippen LogP contribution >= 0.6 is 0 Å². The van der Waals surface area contributed by atoms with Gasteiger partial charge in [-0.05, 0) is 25.5 Å². The fourth-order valence-corrected chi connectivity index (χ4v) is 1.60. The van der Waals surface area contributed by atoms with Crippen LogP contribution in [0.2, 0.25) is 0 Å². The van der Waals surface area contributed by atoms with Crippen molar-refractivity contribution in [2.75, 3.05) is 0 Å². The number of hydrogen-bond donors (Lipinski definition) is 2. The zero-order valence-corrected chi connectivity index (χ0v) is 10.4. The second-order valence-electron chi connectivity index (χ2n) is 4.09. The molecule has 0 aliphatic carbocycles. The van der Waals surface area contributed by atoms with E-state index < -0.39 is 24.0 Å². The number of aliphatic hydroxyl groups is 1. The number of aliphatic hydroxyl groups excluding tert-OH is 1. The number of halogens is 1. The molecule has 4 nitrogen and oxygen atoms in total. The number of benzene rings is 1. The highest BCUT2D eigenvalue weighted by Gasteiger charge is 2.21. The maximum Gasteiger partial charge on any atom is 0.344 e. The van der Waals surface area contributed by atoms with Crippen molar-refractivity contribution >= 4 is 5.97 Å². The fraction of sp³-hybridized carbons (Fsp3) is 0.462. The Labute approximate surface area is 105 Å². The maximum atomic E-state index is 13.1. The Morgan fingerprint density at radius 2 is 2.17 bits per heavy atom. The molecule has 0 spiro atoms. The molecule has 1 rings (SSSR count). The summed E-state index contributed by atoms with van der Waals surface area (Å²) in [5, 5.41) is 18.5. The third kappa shape index (κ3) is 3.70. The van der Waals surface area contributed by atoms with Crippen molar-refractivity contribution in [3.8, 4) is 5.75 Å². The molecule has 2 atom stereocenters. The summed E-state index contributed by atoms with van der Waals surface area (Å²) < 4.78 is 18.4. The number of hydrogen-bond acceptors (Lipinski definition) is 3. The first-order valence-corrected chi connectivity index (χ1v) is 5.82. The molecule has 100 valence electrons. The van der Waals surface area contributed by atoms with E-state index in [9.17, 15) is 14.3 Å². The summed E-state index contributed by atoms with van der Waals surface area (Å²) in [6.45, 7) is 3.34. The third-order valence-corrected chi connectivity index (χ3v) is 2.52. The van der Waals surface area contributed by atoms with Gasteiger partial charge in [-0.15, -0.1) is 0 Å². The second kappa shape index (κ2) is 6.35. The van der Waals surface area contributed by atoms with Gasteiger partial charge in [-0.3, -0.25) is 0 Å². The first-order chi connectivity index (χ1) is 8.45. The van der Waals surface area contributed by atoms with Gasteiger partial charge in [0.25, 0.3) is 0 Å². The van der Waals surface area contributed by atoms with Gasteiger partial charge in [-0.1, -0.05) is 13.3 Å². The highest BCUT2D eigenvalue weighted by atomic mass is 19.1. The molecule has 1 unspecified atom stereocenters. The van der Waals surface area contributed by atoms with Crippen LogP contribution in [0.4, 0.5) is 4.39 Å². The standard InChI is InChI=1S/C13H17FO4/c1-3-4-11(13(16)17)18-12-7-9(14)5-6-10(12)8(2)15/h5-8,11,15H,3-4H2,1-2H3,(H,16,17)/t8-,11?/m1/s1. The Kier molecular flexibility index (Phi) is 5.09. The molecule has 0 saturated carbocycles. The summed E-state index contributed by atoms with van der Waals surface area (Å²) in [6, 6.07) is 3.68. The number of ether oxygens (including phenoxy) is 1. The van der Waals surface area contributed by atoms with E-state index in [2.05, 4.69) is 0 Å². The van der Waals surface area contributed by atoms with Crippen molar-refractivity contribution in [2.24, 2.45) is 0 Å². The van der Waals surface area contributed by atoms with Crippen molar-refractivity contribution in [2.45, 2.75) is 38.9 Å². The number of carboxylic acids is 1. The van der Waals surface area contributed by atoms with E-state index in [0.29, 0.717) is 18.4 Å². The molecule has 0 radical (unpaired) electrons. The monoisotopic (exact) mass is 256 g/mol. The van der Waals surface area contributed by atoms with Gasteiger partial charge in [0.2, 0.25) is 0 Å². The van der Waals surface area contributed by atoms with Crippen LogP contribution in [0.25, 0.3) is 0 Å². The highest BCUT2D eigenvalue weighted by Crippen LogP contribution is 2.27. The fourth-order valence-electron chi connectivity index (χ4n) is 1.60. The van der Waals surface area contributed by atoms with Crippen LogP contribution in [0, 0.1) is 5.82 Å². The van der Waals surface area contributed by atoms with Crippen molar-refractivity contribution < 1.29 is 24.1 Å². The first-order valence-electron chi connectivity index (χ1n) is 5.82. The number of rotatable bonds is 6. The molecule has 0 saturated heterocycles. The molecule has 0 bridgehead atoms. The number of carbonyl (C=O) groups is 1. The largest absolute Gasteiger partial charge is 0.479 e. The third-order valence-electron chi connectivity index (χ3n) is 2.52. The Balaban J connectivity index is 3.00. The summed E-state index contributed by atoms with van der Waals surface area (Å²) in [7, 11) is 0.